The summed E-state index contributed by atoms with van der Waals surface area (Å²) in [6.07, 6.45) is 2.56. The van der Waals surface area contributed by atoms with Crippen LogP contribution in [0, 0.1) is 0 Å². The zero-order valence-corrected chi connectivity index (χ0v) is 9.60. The SMILES string of the molecule is CCCCC(=O)OC(=O)CC(=O)c1ccco1. The summed E-state index contributed by atoms with van der Waals surface area (Å²) in [5, 5.41) is 0. The molecule has 92 valence electrons. The molecule has 5 heteroatoms. The molecule has 0 N–H and O–H groups in total. The van der Waals surface area contributed by atoms with Crippen molar-refractivity contribution in [2.24, 2.45) is 0 Å². The highest BCUT2D eigenvalue weighted by molar-refractivity contribution is 6.06. The van der Waals surface area contributed by atoms with Crippen LogP contribution in [-0.2, 0) is 14.3 Å². The van der Waals surface area contributed by atoms with E-state index < -0.39 is 24.1 Å². The molecule has 1 aromatic rings. The minimum Gasteiger partial charge on any atom is -0.461 e. The van der Waals surface area contributed by atoms with Crippen LogP contribution in [0.5, 0.6) is 0 Å². The van der Waals surface area contributed by atoms with Gasteiger partial charge in [-0.1, -0.05) is 13.3 Å². The Balaban J connectivity index is 2.35. The van der Waals surface area contributed by atoms with E-state index in [1.54, 1.807) is 6.07 Å². The summed E-state index contributed by atoms with van der Waals surface area (Å²) in [5.41, 5.74) is 0. The van der Waals surface area contributed by atoms with Crippen LogP contribution >= 0.6 is 0 Å². The standard InChI is InChI=1S/C12H14O5/c1-2-3-6-11(14)17-12(15)8-9(13)10-5-4-7-16-10/h4-5,7H,2-3,6,8H2,1H3. The lowest BCUT2D eigenvalue weighted by molar-refractivity contribution is -0.159. The Bertz CT molecular complexity index is 391. The lowest BCUT2D eigenvalue weighted by Gasteiger charge is -2.00. The summed E-state index contributed by atoms with van der Waals surface area (Å²) in [5.74, 6) is -1.84. The van der Waals surface area contributed by atoms with Gasteiger partial charge >= 0.3 is 11.9 Å². The maximum absolute atomic E-state index is 11.4. The maximum Gasteiger partial charge on any atom is 0.321 e. The van der Waals surface area contributed by atoms with Gasteiger partial charge in [0.1, 0.15) is 6.42 Å². The zero-order chi connectivity index (χ0) is 12.7. The average molecular weight is 238 g/mol. The van der Waals surface area contributed by atoms with Gasteiger partial charge in [0.25, 0.3) is 0 Å². The zero-order valence-electron chi connectivity index (χ0n) is 9.60. The summed E-state index contributed by atoms with van der Waals surface area (Å²) in [6, 6.07) is 3.00. The van der Waals surface area contributed by atoms with Crippen molar-refractivity contribution in [3.05, 3.63) is 24.2 Å². The van der Waals surface area contributed by atoms with Gasteiger partial charge in [0.15, 0.2) is 5.76 Å². The van der Waals surface area contributed by atoms with Crippen LogP contribution in [0.1, 0.15) is 43.2 Å². The quantitative estimate of drug-likeness (QED) is 0.431. The number of ketones is 1. The second-order valence-electron chi connectivity index (χ2n) is 3.53. The van der Waals surface area contributed by atoms with E-state index in [1.165, 1.54) is 12.3 Å². The van der Waals surface area contributed by atoms with Gasteiger partial charge in [-0.05, 0) is 18.6 Å². The van der Waals surface area contributed by atoms with Crippen LogP contribution in [0.25, 0.3) is 0 Å². The molecule has 1 heterocycles. The maximum atomic E-state index is 11.4. The fraction of sp³-hybridized carbons (Fsp3) is 0.417. The van der Waals surface area contributed by atoms with E-state index in [-0.39, 0.29) is 12.2 Å². The highest BCUT2D eigenvalue weighted by atomic mass is 16.6. The smallest absolute Gasteiger partial charge is 0.321 e. The third kappa shape index (κ3) is 4.63. The predicted molar refractivity (Wildman–Crippen MR) is 58.3 cm³/mol. The van der Waals surface area contributed by atoms with Crippen LogP contribution in [0.4, 0.5) is 0 Å². The van der Waals surface area contributed by atoms with E-state index in [4.69, 9.17) is 4.42 Å². The number of Topliss-reactive ketones (excluding diaryl/α,β-unsaturated/α-hetero) is 1. The van der Waals surface area contributed by atoms with Gasteiger partial charge in [-0.3, -0.25) is 14.4 Å². The molecule has 0 radical (unpaired) electrons. The van der Waals surface area contributed by atoms with Crippen LogP contribution in [0.2, 0.25) is 0 Å². The van der Waals surface area contributed by atoms with E-state index in [1.807, 2.05) is 6.92 Å². The van der Waals surface area contributed by atoms with Crippen molar-refractivity contribution in [3.63, 3.8) is 0 Å². The first-order chi connectivity index (χ1) is 8.13. The van der Waals surface area contributed by atoms with E-state index in [9.17, 15) is 14.4 Å². The highest BCUT2D eigenvalue weighted by Crippen LogP contribution is 2.05. The summed E-state index contributed by atoms with van der Waals surface area (Å²) in [7, 11) is 0. The van der Waals surface area contributed by atoms with Crippen LogP contribution in [0.15, 0.2) is 22.8 Å². The first-order valence-electron chi connectivity index (χ1n) is 5.43. The Kier molecular flexibility index (Phi) is 5.13. The van der Waals surface area contributed by atoms with Gasteiger partial charge in [0, 0.05) is 6.42 Å². The highest BCUT2D eigenvalue weighted by Gasteiger charge is 2.17. The molecule has 0 unspecified atom stereocenters. The van der Waals surface area contributed by atoms with Crippen molar-refractivity contribution in [2.45, 2.75) is 32.6 Å². The Morgan fingerprint density at radius 3 is 2.65 bits per heavy atom. The molecule has 0 saturated carbocycles. The minimum atomic E-state index is -0.840. The van der Waals surface area contributed by atoms with Gasteiger partial charge in [-0.25, -0.2) is 0 Å². The molecule has 0 aliphatic rings. The molecule has 0 saturated heterocycles. The lowest BCUT2D eigenvalue weighted by atomic mass is 10.2. The monoisotopic (exact) mass is 238 g/mol. The molecule has 0 aliphatic heterocycles. The van der Waals surface area contributed by atoms with Gasteiger partial charge < -0.3 is 9.15 Å². The average Bonchev–Trinajstić information content (AvgIpc) is 2.79. The molecule has 5 nitrogen and oxygen atoms in total. The molecular weight excluding hydrogens is 224 g/mol. The number of carbonyl (C=O) groups is 3. The number of esters is 2. The summed E-state index contributed by atoms with van der Waals surface area (Å²) < 4.78 is 9.30. The third-order valence-corrected chi connectivity index (χ3v) is 2.06. The molecule has 0 atom stereocenters. The molecule has 0 bridgehead atoms. The van der Waals surface area contributed by atoms with Crippen molar-refractivity contribution in [3.8, 4) is 0 Å². The van der Waals surface area contributed by atoms with Crippen molar-refractivity contribution >= 4 is 17.7 Å². The van der Waals surface area contributed by atoms with Crippen LogP contribution in [-0.4, -0.2) is 17.7 Å². The molecule has 17 heavy (non-hydrogen) atoms. The van der Waals surface area contributed by atoms with Gasteiger partial charge in [0.05, 0.1) is 6.26 Å². The van der Waals surface area contributed by atoms with E-state index in [0.717, 1.165) is 6.42 Å². The molecule has 0 aliphatic carbocycles. The summed E-state index contributed by atoms with van der Waals surface area (Å²) in [4.78, 5) is 33.7. The first-order valence-corrected chi connectivity index (χ1v) is 5.43. The van der Waals surface area contributed by atoms with Crippen LogP contribution in [0.3, 0.4) is 0 Å². The van der Waals surface area contributed by atoms with Crippen LogP contribution < -0.4 is 0 Å². The Labute approximate surface area is 98.7 Å². The Morgan fingerprint density at radius 2 is 2.06 bits per heavy atom. The summed E-state index contributed by atoms with van der Waals surface area (Å²) in [6.45, 7) is 1.93. The van der Waals surface area contributed by atoms with Gasteiger partial charge in [-0.2, -0.15) is 0 Å². The van der Waals surface area contributed by atoms with E-state index in [0.29, 0.717) is 6.42 Å². The third-order valence-electron chi connectivity index (χ3n) is 2.06. The number of carbonyl (C=O) groups excluding carboxylic acids is 3. The number of rotatable bonds is 6. The topological polar surface area (TPSA) is 73.6 Å². The molecule has 1 rings (SSSR count). The molecule has 0 amide bonds. The number of hydrogen-bond donors (Lipinski definition) is 0. The van der Waals surface area contributed by atoms with E-state index >= 15 is 0 Å². The van der Waals surface area contributed by atoms with Gasteiger partial charge in [-0.15, -0.1) is 0 Å². The normalized spacial score (nSPS) is 9.94. The first kappa shape index (κ1) is 13.2. The number of furan rings is 1. The number of ether oxygens (including phenoxy) is 1. The molecule has 0 spiro atoms. The van der Waals surface area contributed by atoms with E-state index in [2.05, 4.69) is 4.74 Å². The Hall–Kier alpha value is -1.91. The van der Waals surface area contributed by atoms with Gasteiger partial charge in [0.2, 0.25) is 5.78 Å². The molecular formula is C12H14O5. The lowest BCUT2D eigenvalue weighted by Crippen LogP contribution is -2.15. The Morgan fingerprint density at radius 1 is 1.29 bits per heavy atom. The minimum absolute atomic E-state index is 0.0861. The van der Waals surface area contributed by atoms with Crippen molar-refractivity contribution in [1.82, 2.24) is 0 Å². The van der Waals surface area contributed by atoms with Crippen molar-refractivity contribution in [2.75, 3.05) is 0 Å². The number of hydrogen-bond acceptors (Lipinski definition) is 5. The summed E-state index contributed by atoms with van der Waals surface area (Å²) >= 11 is 0. The second-order valence-corrected chi connectivity index (χ2v) is 3.53. The fourth-order valence-corrected chi connectivity index (χ4v) is 1.19. The molecule has 0 aromatic carbocycles. The van der Waals surface area contributed by atoms with Crippen molar-refractivity contribution in [1.29, 1.82) is 0 Å². The number of unbranched alkanes of at least 4 members (excludes halogenated alkanes) is 1. The largest absolute Gasteiger partial charge is 0.461 e. The van der Waals surface area contributed by atoms with Crippen molar-refractivity contribution < 1.29 is 23.5 Å². The fourth-order valence-electron chi connectivity index (χ4n) is 1.19. The second kappa shape index (κ2) is 6.62. The molecule has 0 fully saturated rings. The molecule has 1 aromatic heterocycles. The predicted octanol–water partition coefficient (Wildman–Crippen LogP) is 2.11.